The number of rotatable bonds is 6. The number of para-hydroxylation sites is 1. The van der Waals surface area contributed by atoms with Crippen molar-refractivity contribution in [2.75, 3.05) is 11.9 Å². The number of benzene rings is 1. The number of aryl methyl sites for hydroxylation is 1. The molecule has 0 saturated heterocycles. The lowest BCUT2D eigenvalue weighted by molar-refractivity contribution is -0.116. The number of carbonyl (C=O) groups is 2. The summed E-state index contributed by atoms with van der Waals surface area (Å²) in [7, 11) is 0. The number of hydrogen-bond acceptors (Lipinski definition) is 4. The van der Waals surface area contributed by atoms with E-state index in [4.69, 9.17) is 4.74 Å². The van der Waals surface area contributed by atoms with Gasteiger partial charge in [0.1, 0.15) is 10.8 Å². The Morgan fingerprint density at radius 2 is 2.00 bits per heavy atom. The number of aromatic carboxylic acids is 1. The van der Waals surface area contributed by atoms with Gasteiger partial charge in [0.05, 0.1) is 18.6 Å². The molecule has 0 spiro atoms. The van der Waals surface area contributed by atoms with Crippen molar-refractivity contribution >= 4 is 28.2 Å². The van der Waals surface area contributed by atoms with Crippen LogP contribution in [-0.4, -0.2) is 23.6 Å². The molecule has 1 aromatic heterocycles. The Balaban J connectivity index is 1.59. The lowest BCUT2D eigenvalue weighted by Crippen LogP contribution is -2.16. The summed E-state index contributed by atoms with van der Waals surface area (Å²) >= 11 is 1.38. The molecule has 0 radical (unpaired) electrons. The van der Waals surface area contributed by atoms with Crippen LogP contribution in [0.15, 0.2) is 30.3 Å². The van der Waals surface area contributed by atoms with Crippen LogP contribution in [0.1, 0.15) is 33.6 Å². The minimum absolute atomic E-state index is 0.177. The molecule has 1 heterocycles. The van der Waals surface area contributed by atoms with E-state index in [1.54, 1.807) is 0 Å². The predicted octanol–water partition coefficient (Wildman–Crippen LogP) is 3.34. The summed E-state index contributed by atoms with van der Waals surface area (Å²) in [5, 5.41) is 12.6. The third-order valence-electron chi connectivity index (χ3n) is 3.73. The number of thiophene rings is 1. The number of nitrogens with one attached hydrogen (secondary N) is 1. The van der Waals surface area contributed by atoms with Crippen molar-refractivity contribution in [1.82, 2.24) is 0 Å². The van der Waals surface area contributed by atoms with Gasteiger partial charge in [0.2, 0.25) is 5.91 Å². The Labute approximate surface area is 137 Å². The summed E-state index contributed by atoms with van der Waals surface area (Å²) in [5.74, 6) is -0.495. The monoisotopic (exact) mass is 331 g/mol. The van der Waals surface area contributed by atoms with Gasteiger partial charge in [0.25, 0.3) is 0 Å². The van der Waals surface area contributed by atoms with Crippen molar-refractivity contribution in [2.24, 2.45) is 0 Å². The third kappa shape index (κ3) is 3.53. The summed E-state index contributed by atoms with van der Waals surface area (Å²) in [4.78, 5) is 24.6. The topological polar surface area (TPSA) is 75.6 Å². The van der Waals surface area contributed by atoms with Crippen molar-refractivity contribution in [2.45, 2.75) is 25.7 Å². The normalized spacial score (nSPS) is 12.7. The predicted molar refractivity (Wildman–Crippen MR) is 88.5 cm³/mol. The van der Waals surface area contributed by atoms with Gasteiger partial charge in [-0.25, -0.2) is 4.79 Å². The van der Waals surface area contributed by atoms with Gasteiger partial charge < -0.3 is 15.2 Å². The average Bonchev–Trinajstić information content (AvgIpc) is 3.08. The fourth-order valence-corrected chi connectivity index (χ4v) is 3.98. The molecule has 1 aliphatic rings. The first-order valence-electron chi connectivity index (χ1n) is 7.50. The van der Waals surface area contributed by atoms with Crippen LogP contribution in [0.3, 0.4) is 0 Å². The number of amides is 1. The first kappa shape index (κ1) is 15.6. The molecule has 5 nitrogen and oxygen atoms in total. The van der Waals surface area contributed by atoms with Crippen LogP contribution < -0.4 is 10.1 Å². The standard InChI is InChI=1S/C17H17NO4S/c19-14(9-10-22-11-5-2-1-3-6-11)18-16-15(17(20)21)12-7-4-8-13(12)23-16/h1-3,5-6H,4,7-10H2,(H,18,19)(H,20,21). The maximum absolute atomic E-state index is 12.0. The van der Waals surface area contributed by atoms with Gasteiger partial charge in [0, 0.05) is 4.88 Å². The number of hydrogen-bond donors (Lipinski definition) is 2. The summed E-state index contributed by atoms with van der Waals surface area (Å²) < 4.78 is 5.48. The molecule has 1 aromatic carbocycles. The molecule has 0 saturated carbocycles. The van der Waals surface area contributed by atoms with Gasteiger partial charge in [-0.15, -0.1) is 11.3 Å². The Morgan fingerprint density at radius 1 is 1.22 bits per heavy atom. The zero-order valence-electron chi connectivity index (χ0n) is 12.5. The molecule has 0 aliphatic heterocycles. The van der Waals surface area contributed by atoms with Gasteiger partial charge >= 0.3 is 5.97 Å². The Bertz CT molecular complexity index is 724. The molecule has 2 aromatic rings. The number of carboxylic acids is 1. The van der Waals surface area contributed by atoms with Crippen molar-refractivity contribution < 1.29 is 19.4 Å². The molecule has 0 fully saturated rings. The summed E-state index contributed by atoms with van der Waals surface area (Å²) in [6.07, 6.45) is 2.84. The average molecular weight is 331 g/mol. The molecule has 6 heteroatoms. The van der Waals surface area contributed by atoms with E-state index in [1.165, 1.54) is 11.3 Å². The zero-order chi connectivity index (χ0) is 16.2. The maximum Gasteiger partial charge on any atom is 0.339 e. The van der Waals surface area contributed by atoms with Gasteiger partial charge in [-0.1, -0.05) is 18.2 Å². The summed E-state index contributed by atoms with van der Waals surface area (Å²) in [5.41, 5.74) is 1.15. The quantitative estimate of drug-likeness (QED) is 0.851. The fourth-order valence-electron chi connectivity index (χ4n) is 2.69. The highest BCUT2D eigenvalue weighted by Gasteiger charge is 2.27. The molecule has 120 valence electrons. The van der Waals surface area contributed by atoms with E-state index in [0.717, 1.165) is 29.7 Å². The SMILES string of the molecule is O=C(CCOc1ccccc1)Nc1sc2c(c1C(=O)O)CCC2. The summed E-state index contributed by atoms with van der Waals surface area (Å²) in [6, 6.07) is 9.26. The van der Waals surface area contributed by atoms with Crippen molar-refractivity contribution in [3.63, 3.8) is 0 Å². The first-order chi connectivity index (χ1) is 11.1. The Hall–Kier alpha value is -2.34. The highest BCUT2D eigenvalue weighted by molar-refractivity contribution is 7.17. The molecular weight excluding hydrogens is 314 g/mol. The molecule has 0 unspecified atom stereocenters. The molecule has 0 bridgehead atoms. The van der Waals surface area contributed by atoms with Gasteiger partial charge in [-0.2, -0.15) is 0 Å². The Morgan fingerprint density at radius 3 is 2.74 bits per heavy atom. The first-order valence-corrected chi connectivity index (χ1v) is 8.32. The number of carboxylic acid groups (broad SMARTS) is 1. The highest BCUT2D eigenvalue weighted by Crippen LogP contribution is 2.39. The van der Waals surface area contributed by atoms with Crippen LogP contribution >= 0.6 is 11.3 Å². The minimum atomic E-state index is -0.972. The van der Waals surface area contributed by atoms with Gasteiger partial charge in [0.15, 0.2) is 0 Å². The van der Waals surface area contributed by atoms with E-state index in [9.17, 15) is 14.7 Å². The van der Waals surface area contributed by atoms with E-state index in [0.29, 0.717) is 10.8 Å². The van der Waals surface area contributed by atoms with E-state index in [2.05, 4.69) is 5.32 Å². The molecule has 3 rings (SSSR count). The number of anilines is 1. The van der Waals surface area contributed by atoms with Crippen LogP contribution in [0.25, 0.3) is 0 Å². The van der Waals surface area contributed by atoms with E-state index in [1.807, 2.05) is 30.3 Å². The molecule has 1 aliphatic carbocycles. The second kappa shape index (κ2) is 6.83. The van der Waals surface area contributed by atoms with Crippen molar-refractivity contribution in [3.05, 3.63) is 46.3 Å². The van der Waals surface area contributed by atoms with Crippen molar-refractivity contribution in [3.8, 4) is 5.75 Å². The lowest BCUT2D eigenvalue weighted by Gasteiger charge is -2.07. The van der Waals surface area contributed by atoms with Gasteiger partial charge in [-0.05, 0) is 37.0 Å². The van der Waals surface area contributed by atoms with Crippen molar-refractivity contribution in [1.29, 1.82) is 0 Å². The number of carbonyl (C=O) groups excluding carboxylic acids is 1. The maximum atomic E-state index is 12.0. The Kier molecular flexibility index (Phi) is 4.62. The second-order valence-corrected chi connectivity index (χ2v) is 6.43. The molecule has 1 amide bonds. The molecule has 23 heavy (non-hydrogen) atoms. The van der Waals surface area contributed by atoms with Crippen LogP contribution in [0.5, 0.6) is 5.75 Å². The van der Waals surface area contributed by atoms with E-state index in [-0.39, 0.29) is 24.5 Å². The zero-order valence-corrected chi connectivity index (χ0v) is 13.3. The van der Waals surface area contributed by atoms with Gasteiger partial charge in [-0.3, -0.25) is 4.79 Å². The fraction of sp³-hybridized carbons (Fsp3) is 0.294. The van der Waals surface area contributed by atoms with Crippen LogP contribution in [0, 0.1) is 0 Å². The largest absolute Gasteiger partial charge is 0.493 e. The smallest absolute Gasteiger partial charge is 0.339 e. The summed E-state index contributed by atoms with van der Waals surface area (Å²) in [6.45, 7) is 0.253. The number of ether oxygens (including phenoxy) is 1. The van der Waals surface area contributed by atoms with E-state index >= 15 is 0 Å². The number of fused-ring (bicyclic) bond motifs is 1. The highest BCUT2D eigenvalue weighted by atomic mass is 32.1. The minimum Gasteiger partial charge on any atom is -0.493 e. The van der Waals surface area contributed by atoms with Crippen LogP contribution in [0.2, 0.25) is 0 Å². The van der Waals surface area contributed by atoms with Crippen LogP contribution in [-0.2, 0) is 17.6 Å². The van der Waals surface area contributed by atoms with Crippen LogP contribution in [0.4, 0.5) is 5.00 Å². The second-order valence-electron chi connectivity index (χ2n) is 5.33. The molecule has 0 atom stereocenters. The van der Waals surface area contributed by atoms with E-state index < -0.39 is 5.97 Å². The molecule has 2 N–H and O–H groups in total. The third-order valence-corrected chi connectivity index (χ3v) is 4.94. The molecular formula is C17H17NO4S. The lowest BCUT2D eigenvalue weighted by atomic mass is 10.1.